The highest BCUT2D eigenvalue weighted by Crippen LogP contribution is 2.51. The van der Waals surface area contributed by atoms with E-state index in [1.54, 1.807) is 0 Å². The minimum Gasteiger partial charge on any atom is -0.361 e. The van der Waals surface area contributed by atoms with Crippen LogP contribution in [0.25, 0.3) is 0 Å². The van der Waals surface area contributed by atoms with E-state index in [1.807, 2.05) is 6.92 Å². The Balaban J connectivity index is 1.87. The van der Waals surface area contributed by atoms with Gasteiger partial charge in [-0.25, -0.2) is 0 Å². The lowest BCUT2D eigenvalue weighted by atomic mass is 9.57. The van der Waals surface area contributed by atoms with Crippen molar-refractivity contribution >= 4 is 0 Å². The number of aryl methyl sites for hydroxylation is 1. The van der Waals surface area contributed by atoms with E-state index >= 15 is 0 Å². The lowest BCUT2D eigenvalue weighted by Crippen LogP contribution is -2.46. The molecule has 3 rings (SSSR count). The molecule has 1 saturated heterocycles. The molecule has 1 aromatic heterocycles. The molecule has 1 N–H and O–H groups in total. The van der Waals surface area contributed by atoms with Gasteiger partial charge in [-0.05, 0) is 51.6 Å². The van der Waals surface area contributed by atoms with Crippen LogP contribution in [0.15, 0.2) is 10.6 Å². The van der Waals surface area contributed by atoms with E-state index < -0.39 is 0 Å². The third kappa shape index (κ3) is 1.49. The molecule has 1 saturated carbocycles. The summed E-state index contributed by atoms with van der Waals surface area (Å²) in [5.74, 6) is 1.77. The van der Waals surface area contributed by atoms with Crippen molar-refractivity contribution in [3.05, 3.63) is 17.5 Å². The van der Waals surface area contributed by atoms with Crippen molar-refractivity contribution < 1.29 is 4.52 Å². The molecule has 16 heavy (non-hydrogen) atoms. The first-order chi connectivity index (χ1) is 7.81. The first kappa shape index (κ1) is 10.3. The molecule has 3 heteroatoms. The summed E-state index contributed by atoms with van der Waals surface area (Å²) in [4.78, 5) is 0. The van der Waals surface area contributed by atoms with Gasteiger partial charge in [-0.2, -0.15) is 0 Å². The molecule has 0 amide bonds. The minimum atomic E-state index is 0.361. The summed E-state index contributed by atoms with van der Waals surface area (Å²) in [5.41, 5.74) is 1.59. The highest BCUT2D eigenvalue weighted by Gasteiger charge is 2.47. The van der Waals surface area contributed by atoms with Crippen molar-refractivity contribution in [3.63, 3.8) is 0 Å². The molecule has 1 aliphatic carbocycles. The molecule has 2 heterocycles. The predicted octanol–water partition coefficient (Wildman–Crippen LogP) is 2.40. The minimum absolute atomic E-state index is 0.361. The zero-order chi connectivity index (χ0) is 11.0. The van der Waals surface area contributed by atoms with E-state index in [9.17, 15) is 0 Å². The van der Waals surface area contributed by atoms with Gasteiger partial charge < -0.3 is 9.84 Å². The topological polar surface area (TPSA) is 38.1 Å². The van der Waals surface area contributed by atoms with E-state index in [2.05, 4.69) is 16.5 Å². The molecule has 0 unspecified atom stereocenters. The standard InChI is InChI=1S/C13H20N2O/c1-10-9-12(15-16-10)13(5-2-6-13)11-3-7-14-8-4-11/h9,11,14H,2-8H2,1H3. The summed E-state index contributed by atoms with van der Waals surface area (Å²) in [7, 11) is 0. The molecular weight excluding hydrogens is 200 g/mol. The largest absolute Gasteiger partial charge is 0.361 e. The van der Waals surface area contributed by atoms with Crippen molar-refractivity contribution in [3.8, 4) is 0 Å². The molecule has 1 aliphatic heterocycles. The molecule has 0 aromatic carbocycles. The fraction of sp³-hybridized carbons (Fsp3) is 0.769. The third-order valence-electron chi connectivity index (χ3n) is 4.50. The summed E-state index contributed by atoms with van der Waals surface area (Å²) in [6.07, 6.45) is 6.57. The van der Waals surface area contributed by atoms with Gasteiger partial charge in [0.05, 0.1) is 5.69 Å². The smallest absolute Gasteiger partial charge is 0.133 e. The number of rotatable bonds is 2. The van der Waals surface area contributed by atoms with Crippen molar-refractivity contribution in [2.75, 3.05) is 13.1 Å². The Morgan fingerprint density at radius 3 is 2.62 bits per heavy atom. The van der Waals surface area contributed by atoms with Crippen LogP contribution in [-0.2, 0) is 5.41 Å². The maximum atomic E-state index is 5.27. The number of aromatic nitrogens is 1. The summed E-state index contributed by atoms with van der Waals surface area (Å²) in [6, 6.07) is 2.15. The second kappa shape index (κ2) is 3.88. The zero-order valence-corrected chi connectivity index (χ0v) is 9.96. The number of hydrogen-bond acceptors (Lipinski definition) is 3. The highest BCUT2D eigenvalue weighted by atomic mass is 16.5. The zero-order valence-electron chi connectivity index (χ0n) is 9.96. The molecule has 88 valence electrons. The molecule has 0 atom stereocenters. The fourth-order valence-corrected chi connectivity index (χ4v) is 3.41. The summed E-state index contributed by atoms with van der Waals surface area (Å²) < 4.78 is 5.27. The summed E-state index contributed by atoms with van der Waals surface area (Å²) in [5, 5.41) is 7.74. The van der Waals surface area contributed by atoms with Gasteiger partial charge in [0.25, 0.3) is 0 Å². The van der Waals surface area contributed by atoms with Crippen molar-refractivity contribution in [1.29, 1.82) is 0 Å². The normalized spacial score (nSPS) is 25.3. The van der Waals surface area contributed by atoms with Gasteiger partial charge in [0.1, 0.15) is 5.76 Å². The first-order valence-corrected chi connectivity index (χ1v) is 6.46. The van der Waals surface area contributed by atoms with E-state index in [4.69, 9.17) is 4.52 Å². The Bertz CT molecular complexity index is 362. The van der Waals surface area contributed by atoms with Gasteiger partial charge in [0.15, 0.2) is 0 Å². The van der Waals surface area contributed by atoms with E-state index in [0.717, 1.165) is 11.7 Å². The predicted molar refractivity (Wildman–Crippen MR) is 62.4 cm³/mol. The maximum Gasteiger partial charge on any atom is 0.133 e. The monoisotopic (exact) mass is 220 g/mol. The average molecular weight is 220 g/mol. The van der Waals surface area contributed by atoms with Crippen LogP contribution in [0, 0.1) is 12.8 Å². The average Bonchev–Trinajstić information content (AvgIpc) is 2.65. The van der Waals surface area contributed by atoms with Crippen LogP contribution in [0.3, 0.4) is 0 Å². The fourth-order valence-electron chi connectivity index (χ4n) is 3.41. The number of nitrogens with one attached hydrogen (secondary N) is 1. The molecule has 3 nitrogen and oxygen atoms in total. The van der Waals surface area contributed by atoms with Crippen LogP contribution < -0.4 is 5.32 Å². The van der Waals surface area contributed by atoms with Crippen LogP contribution in [0.4, 0.5) is 0 Å². The molecule has 2 fully saturated rings. The van der Waals surface area contributed by atoms with Gasteiger partial charge in [0, 0.05) is 11.5 Å². The van der Waals surface area contributed by atoms with Crippen LogP contribution in [0.5, 0.6) is 0 Å². The number of hydrogen-bond donors (Lipinski definition) is 1. The van der Waals surface area contributed by atoms with E-state index in [-0.39, 0.29) is 0 Å². The maximum absolute atomic E-state index is 5.27. The van der Waals surface area contributed by atoms with Crippen LogP contribution in [-0.4, -0.2) is 18.2 Å². The van der Waals surface area contributed by atoms with Crippen molar-refractivity contribution in [2.45, 2.75) is 44.4 Å². The second-order valence-corrected chi connectivity index (χ2v) is 5.36. The van der Waals surface area contributed by atoms with E-state index in [1.165, 1.54) is 50.9 Å². The Morgan fingerprint density at radius 2 is 2.12 bits per heavy atom. The van der Waals surface area contributed by atoms with Gasteiger partial charge in [-0.1, -0.05) is 11.6 Å². The van der Waals surface area contributed by atoms with Gasteiger partial charge in [-0.15, -0.1) is 0 Å². The highest BCUT2D eigenvalue weighted by molar-refractivity contribution is 5.22. The third-order valence-corrected chi connectivity index (χ3v) is 4.50. The van der Waals surface area contributed by atoms with Crippen molar-refractivity contribution in [1.82, 2.24) is 10.5 Å². The number of nitrogens with zero attached hydrogens (tertiary/aromatic N) is 1. The SMILES string of the molecule is Cc1cc(C2(C3CCNCC3)CCC2)no1. The quantitative estimate of drug-likeness (QED) is 0.831. The Hall–Kier alpha value is -0.830. The Morgan fingerprint density at radius 1 is 1.38 bits per heavy atom. The molecule has 1 aromatic rings. The first-order valence-electron chi connectivity index (χ1n) is 6.46. The Labute approximate surface area is 96.6 Å². The van der Waals surface area contributed by atoms with Gasteiger partial charge in [0.2, 0.25) is 0 Å². The molecule has 0 radical (unpaired) electrons. The molecule has 0 spiro atoms. The molecule has 0 bridgehead atoms. The van der Waals surface area contributed by atoms with Crippen molar-refractivity contribution in [2.24, 2.45) is 5.92 Å². The lowest BCUT2D eigenvalue weighted by molar-refractivity contribution is 0.107. The van der Waals surface area contributed by atoms with Crippen LogP contribution >= 0.6 is 0 Å². The van der Waals surface area contributed by atoms with Gasteiger partial charge in [-0.3, -0.25) is 0 Å². The summed E-state index contributed by atoms with van der Waals surface area (Å²) >= 11 is 0. The van der Waals surface area contributed by atoms with Crippen LogP contribution in [0.2, 0.25) is 0 Å². The van der Waals surface area contributed by atoms with Gasteiger partial charge >= 0.3 is 0 Å². The lowest BCUT2D eigenvalue weighted by Gasteiger charge is -2.48. The summed E-state index contributed by atoms with van der Waals surface area (Å²) in [6.45, 7) is 4.33. The van der Waals surface area contributed by atoms with E-state index in [0.29, 0.717) is 5.41 Å². The van der Waals surface area contributed by atoms with Crippen LogP contribution in [0.1, 0.15) is 43.6 Å². The number of piperidine rings is 1. The molecular formula is C13H20N2O. The Kier molecular flexibility index (Phi) is 2.51. The molecule has 2 aliphatic rings. The second-order valence-electron chi connectivity index (χ2n) is 5.36.